The average Bonchev–Trinajstić information content (AvgIpc) is 2.68. The number of esters is 1. The van der Waals surface area contributed by atoms with Crippen LogP contribution >= 0.6 is 11.6 Å². The van der Waals surface area contributed by atoms with Crippen LogP contribution in [0.15, 0.2) is 48.5 Å². The van der Waals surface area contributed by atoms with Crippen molar-refractivity contribution in [2.75, 3.05) is 5.32 Å². The molecule has 0 aliphatic carbocycles. The minimum Gasteiger partial charge on any atom is -0.449 e. The summed E-state index contributed by atoms with van der Waals surface area (Å²) in [7, 11) is 0. The van der Waals surface area contributed by atoms with Crippen LogP contribution in [0.5, 0.6) is 0 Å². The van der Waals surface area contributed by atoms with E-state index >= 15 is 0 Å². The Labute approximate surface area is 174 Å². The molecule has 29 heavy (non-hydrogen) atoms. The van der Waals surface area contributed by atoms with Gasteiger partial charge in [0.25, 0.3) is 5.91 Å². The number of urea groups is 1. The first kappa shape index (κ1) is 22.2. The van der Waals surface area contributed by atoms with Gasteiger partial charge >= 0.3 is 12.0 Å². The maximum Gasteiger partial charge on any atom is 0.338 e. The Balaban J connectivity index is 1.85. The molecule has 2 aromatic rings. The highest BCUT2D eigenvalue weighted by Crippen LogP contribution is 2.14. The van der Waals surface area contributed by atoms with Crippen molar-refractivity contribution in [1.29, 1.82) is 0 Å². The number of ether oxygens (including phenoxy) is 1. The van der Waals surface area contributed by atoms with Crippen molar-refractivity contribution in [1.82, 2.24) is 10.6 Å². The summed E-state index contributed by atoms with van der Waals surface area (Å²) in [6, 6.07) is 13.0. The Kier molecular flexibility index (Phi) is 8.03. The molecule has 0 aromatic heterocycles. The molecule has 2 aromatic carbocycles. The number of nitrogens with one attached hydrogen (secondary N) is 3. The van der Waals surface area contributed by atoms with Crippen LogP contribution in [0.1, 0.15) is 36.7 Å². The molecule has 0 aliphatic rings. The SMILES string of the molecule is CC(C)NC(=O)NCc1ccc(C(=O)OC(C)C(=O)Nc2ccc(Cl)cc2)cc1. The van der Waals surface area contributed by atoms with Gasteiger partial charge < -0.3 is 20.7 Å². The molecule has 0 heterocycles. The third kappa shape index (κ3) is 7.46. The normalized spacial score (nSPS) is 11.5. The molecule has 0 saturated heterocycles. The molecule has 0 saturated carbocycles. The van der Waals surface area contributed by atoms with E-state index in [1.165, 1.54) is 6.92 Å². The van der Waals surface area contributed by atoms with Crippen molar-refractivity contribution in [2.24, 2.45) is 0 Å². The highest BCUT2D eigenvalue weighted by atomic mass is 35.5. The van der Waals surface area contributed by atoms with E-state index < -0.39 is 18.0 Å². The Morgan fingerprint density at radius 2 is 1.59 bits per heavy atom. The van der Waals surface area contributed by atoms with E-state index in [-0.39, 0.29) is 12.1 Å². The molecule has 0 bridgehead atoms. The Morgan fingerprint density at radius 1 is 0.966 bits per heavy atom. The molecule has 7 nitrogen and oxygen atoms in total. The minimum absolute atomic E-state index is 0.0472. The fourth-order valence-corrected chi connectivity index (χ4v) is 2.44. The van der Waals surface area contributed by atoms with E-state index in [0.717, 1.165) is 5.56 Å². The van der Waals surface area contributed by atoms with Crippen molar-refractivity contribution >= 4 is 35.2 Å². The van der Waals surface area contributed by atoms with Crippen molar-refractivity contribution in [3.63, 3.8) is 0 Å². The second kappa shape index (κ2) is 10.5. The molecule has 2 rings (SSSR count). The van der Waals surface area contributed by atoms with Crippen molar-refractivity contribution in [3.05, 3.63) is 64.7 Å². The van der Waals surface area contributed by atoms with E-state index in [1.807, 2.05) is 13.8 Å². The highest BCUT2D eigenvalue weighted by molar-refractivity contribution is 6.30. The van der Waals surface area contributed by atoms with E-state index in [4.69, 9.17) is 16.3 Å². The number of benzene rings is 2. The van der Waals surface area contributed by atoms with Gasteiger partial charge in [0.15, 0.2) is 6.10 Å². The minimum atomic E-state index is -0.973. The van der Waals surface area contributed by atoms with Crippen LogP contribution in [0, 0.1) is 0 Å². The van der Waals surface area contributed by atoms with E-state index in [1.54, 1.807) is 48.5 Å². The first-order chi connectivity index (χ1) is 13.7. The number of amides is 3. The number of hydrogen-bond acceptors (Lipinski definition) is 4. The van der Waals surface area contributed by atoms with Gasteiger partial charge in [-0.2, -0.15) is 0 Å². The molecule has 8 heteroatoms. The summed E-state index contributed by atoms with van der Waals surface area (Å²) >= 11 is 5.81. The van der Waals surface area contributed by atoms with Gasteiger partial charge in [-0.25, -0.2) is 9.59 Å². The summed E-state index contributed by atoms with van der Waals surface area (Å²) in [5.41, 5.74) is 1.70. The van der Waals surface area contributed by atoms with Gasteiger partial charge in [-0.15, -0.1) is 0 Å². The molecule has 154 valence electrons. The third-order valence-corrected chi connectivity index (χ3v) is 4.08. The Hall–Kier alpha value is -3.06. The number of halogens is 1. The van der Waals surface area contributed by atoms with Gasteiger partial charge in [0.2, 0.25) is 0 Å². The van der Waals surface area contributed by atoms with Gasteiger partial charge in [-0.05, 0) is 62.7 Å². The summed E-state index contributed by atoms with van der Waals surface area (Å²) in [6.07, 6.45) is -0.973. The van der Waals surface area contributed by atoms with Crippen LogP contribution in [0.2, 0.25) is 5.02 Å². The molecule has 3 N–H and O–H groups in total. The maximum atomic E-state index is 12.3. The lowest BCUT2D eigenvalue weighted by molar-refractivity contribution is -0.123. The van der Waals surface area contributed by atoms with Crippen LogP contribution in [-0.2, 0) is 16.1 Å². The number of carbonyl (C=O) groups excluding carboxylic acids is 3. The zero-order valence-corrected chi connectivity index (χ0v) is 17.2. The largest absolute Gasteiger partial charge is 0.449 e. The zero-order chi connectivity index (χ0) is 21.4. The first-order valence-electron chi connectivity index (χ1n) is 9.15. The Bertz CT molecular complexity index is 851. The molecule has 3 amide bonds. The maximum absolute atomic E-state index is 12.3. The van der Waals surface area contributed by atoms with Crippen molar-refractivity contribution in [2.45, 2.75) is 39.5 Å². The van der Waals surface area contributed by atoms with E-state index in [9.17, 15) is 14.4 Å². The molecule has 0 aliphatic heterocycles. The van der Waals surface area contributed by atoms with E-state index in [0.29, 0.717) is 22.8 Å². The average molecular weight is 418 g/mol. The molecular formula is C21H24ClN3O4. The summed E-state index contributed by atoms with van der Waals surface area (Å²) in [5, 5.41) is 8.66. The monoisotopic (exact) mass is 417 g/mol. The quantitative estimate of drug-likeness (QED) is 0.598. The highest BCUT2D eigenvalue weighted by Gasteiger charge is 2.19. The van der Waals surface area contributed by atoms with Crippen LogP contribution in [0.25, 0.3) is 0 Å². The predicted octanol–water partition coefficient (Wildman–Crippen LogP) is 3.73. The fourth-order valence-electron chi connectivity index (χ4n) is 2.31. The van der Waals surface area contributed by atoms with Gasteiger partial charge in [0.05, 0.1) is 5.56 Å². The molecule has 0 fully saturated rings. The lowest BCUT2D eigenvalue weighted by atomic mass is 10.1. The van der Waals surface area contributed by atoms with Crippen LogP contribution in [0.4, 0.5) is 10.5 Å². The van der Waals surface area contributed by atoms with Crippen LogP contribution in [0.3, 0.4) is 0 Å². The summed E-state index contributed by atoms with van der Waals surface area (Å²) in [6.45, 7) is 5.57. The smallest absolute Gasteiger partial charge is 0.338 e. The number of hydrogen-bond donors (Lipinski definition) is 3. The molecule has 1 unspecified atom stereocenters. The molecular weight excluding hydrogens is 394 g/mol. The first-order valence-corrected chi connectivity index (χ1v) is 9.53. The summed E-state index contributed by atoms with van der Waals surface area (Å²) < 4.78 is 5.22. The standard InChI is InChI=1S/C21H24ClN3O4/c1-13(2)24-21(28)23-12-15-4-6-16(7-5-15)20(27)29-14(3)19(26)25-18-10-8-17(22)9-11-18/h4-11,13-14H,12H2,1-3H3,(H,25,26)(H2,23,24,28). The van der Waals surface area contributed by atoms with Crippen LogP contribution in [-0.4, -0.2) is 30.1 Å². The van der Waals surface area contributed by atoms with Crippen molar-refractivity contribution in [3.8, 4) is 0 Å². The van der Waals surface area contributed by atoms with Gasteiger partial charge in [-0.3, -0.25) is 4.79 Å². The topological polar surface area (TPSA) is 96.5 Å². The fraction of sp³-hybridized carbons (Fsp3) is 0.286. The second-order valence-electron chi connectivity index (χ2n) is 6.72. The lowest BCUT2D eigenvalue weighted by Gasteiger charge is -2.14. The third-order valence-electron chi connectivity index (χ3n) is 3.83. The van der Waals surface area contributed by atoms with Crippen LogP contribution < -0.4 is 16.0 Å². The van der Waals surface area contributed by atoms with Gasteiger partial charge in [0.1, 0.15) is 0 Å². The van der Waals surface area contributed by atoms with Gasteiger partial charge in [0, 0.05) is 23.3 Å². The molecule has 0 radical (unpaired) electrons. The number of carbonyl (C=O) groups is 3. The van der Waals surface area contributed by atoms with Crippen molar-refractivity contribution < 1.29 is 19.1 Å². The summed E-state index contributed by atoms with van der Waals surface area (Å²) in [5.74, 6) is -1.06. The summed E-state index contributed by atoms with van der Waals surface area (Å²) in [4.78, 5) is 36.0. The van der Waals surface area contributed by atoms with E-state index in [2.05, 4.69) is 16.0 Å². The van der Waals surface area contributed by atoms with Gasteiger partial charge in [-0.1, -0.05) is 23.7 Å². The zero-order valence-electron chi connectivity index (χ0n) is 16.5. The lowest BCUT2D eigenvalue weighted by Crippen LogP contribution is -2.39. The molecule has 1 atom stereocenters. The predicted molar refractivity (Wildman–Crippen MR) is 112 cm³/mol. The molecule has 0 spiro atoms. The second-order valence-corrected chi connectivity index (χ2v) is 7.16. The number of rotatable bonds is 7. The number of anilines is 1. The Morgan fingerprint density at radius 3 is 2.17 bits per heavy atom.